The maximum atomic E-state index is 14.9. The minimum atomic E-state index is -0.994. The third-order valence-electron chi connectivity index (χ3n) is 11.2. The van der Waals surface area contributed by atoms with Gasteiger partial charge in [-0.05, 0) is 67.0 Å². The molecule has 3 heterocycles. The van der Waals surface area contributed by atoms with Gasteiger partial charge in [0, 0.05) is 37.8 Å². The number of nitrogens with one attached hydrogen (secondary N) is 3. The summed E-state index contributed by atoms with van der Waals surface area (Å²) in [6.07, 6.45) is 6.52. The Labute approximate surface area is 298 Å². The molecule has 2 saturated heterocycles. The van der Waals surface area contributed by atoms with E-state index in [0.29, 0.717) is 31.4 Å². The smallest absolute Gasteiger partial charge is 0.250 e. The van der Waals surface area contributed by atoms with E-state index in [1.807, 2.05) is 54.6 Å². The Morgan fingerprint density at radius 1 is 0.882 bits per heavy atom. The maximum Gasteiger partial charge on any atom is 0.250 e. The number of hydrogen-bond donors (Lipinski definition) is 3. The lowest BCUT2D eigenvalue weighted by Crippen LogP contribution is -2.61. The van der Waals surface area contributed by atoms with Crippen LogP contribution in [0.25, 0.3) is 0 Å². The second kappa shape index (κ2) is 15.2. The quantitative estimate of drug-likeness (QED) is 0.315. The van der Waals surface area contributed by atoms with Crippen molar-refractivity contribution in [2.24, 2.45) is 0 Å². The molecule has 7 rings (SSSR count). The number of rotatable bonds is 9. The van der Waals surface area contributed by atoms with Gasteiger partial charge in [-0.1, -0.05) is 79.9 Å². The summed E-state index contributed by atoms with van der Waals surface area (Å²) in [4.78, 5) is 60.8. The number of anilines is 1. The molecule has 4 amide bonds. The zero-order chi connectivity index (χ0) is 35.4. The first kappa shape index (κ1) is 34.7. The number of benzene rings is 3. The lowest BCUT2D eigenvalue weighted by atomic mass is 9.85. The number of likely N-dealkylation sites (tertiary alicyclic amines) is 1. The third-order valence-corrected chi connectivity index (χ3v) is 11.2. The predicted molar refractivity (Wildman–Crippen MR) is 192 cm³/mol. The Hall–Kier alpha value is -4.77. The number of nitrogens with zero attached hydrogens (tertiary/aromatic N) is 3. The molecule has 0 radical (unpaired) electrons. The van der Waals surface area contributed by atoms with Crippen LogP contribution in [0.3, 0.4) is 0 Å². The van der Waals surface area contributed by atoms with Gasteiger partial charge < -0.3 is 30.7 Å². The van der Waals surface area contributed by atoms with E-state index in [2.05, 4.69) is 20.9 Å². The molecule has 0 bridgehead atoms. The molecule has 3 fully saturated rings. The summed E-state index contributed by atoms with van der Waals surface area (Å²) in [6.45, 7) is 1.35. The van der Waals surface area contributed by atoms with Crippen LogP contribution in [0.15, 0.2) is 78.9 Å². The van der Waals surface area contributed by atoms with Gasteiger partial charge in [0.15, 0.2) is 0 Å². The number of carbonyl (C=O) groups is 4. The second-order valence-electron chi connectivity index (χ2n) is 14.4. The van der Waals surface area contributed by atoms with Gasteiger partial charge in [-0.2, -0.15) is 0 Å². The summed E-state index contributed by atoms with van der Waals surface area (Å²) in [5.74, 6) is -1.31. The molecule has 2 unspecified atom stereocenters. The van der Waals surface area contributed by atoms with Crippen molar-refractivity contribution in [2.75, 3.05) is 31.2 Å². The first-order chi connectivity index (χ1) is 24.8. The normalized spacial score (nSPS) is 20.9. The molecular formula is C40H47FN6O4. The average Bonchev–Trinajstić information content (AvgIpc) is 3.41. The van der Waals surface area contributed by atoms with Crippen LogP contribution in [0, 0.1) is 5.82 Å². The molecule has 3 N–H and O–H groups in total. The maximum absolute atomic E-state index is 14.9. The van der Waals surface area contributed by atoms with E-state index in [-0.39, 0.29) is 62.4 Å². The zero-order valence-electron chi connectivity index (χ0n) is 29.0. The molecule has 1 saturated carbocycles. The average molecular weight is 695 g/mol. The van der Waals surface area contributed by atoms with Crippen molar-refractivity contribution in [3.63, 3.8) is 0 Å². The summed E-state index contributed by atoms with van der Waals surface area (Å²) in [5, 5.41) is 9.40. The van der Waals surface area contributed by atoms with Gasteiger partial charge in [0.25, 0.3) is 5.91 Å². The van der Waals surface area contributed by atoms with Crippen molar-refractivity contribution in [1.29, 1.82) is 0 Å². The molecule has 4 aliphatic rings. The molecule has 2 atom stereocenters. The van der Waals surface area contributed by atoms with E-state index in [0.717, 1.165) is 42.5 Å². The summed E-state index contributed by atoms with van der Waals surface area (Å²) in [6, 6.07) is 22.6. The first-order valence-corrected chi connectivity index (χ1v) is 18.3. The van der Waals surface area contributed by atoms with E-state index < -0.39 is 23.4 Å². The Morgan fingerprint density at radius 3 is 2.31 bits per heavy atom. The number of amides is 4. The molecule has 0 aromatic heterocycles. The molecular weight excluding hydrogens is 647 g/mol. The molecule has 51 heavy (non-hydrogen) atoms. The fraction of sp³-hybridized carbons (Fsp3) is 0.450. The number of halogens is 1. The summed E-state index contributed by atoms with van der Waals surface area (Å²) >= 11 is 0. The fourth-order valence-corrected chi connectivity index (χ4v) is 8.33. The van der Waals surface area contributed by atoms with Gasteiger partial charge in [0.2, 0.25) is 17.7 Å². The van der Waals surface area contributed by atoms with Crippen molar-refractivity contribution in [2.45, 2.75) is 88.0 Å². The standard InChI is InChI=1S/C40H47FN6O4/c41-33-18-10-9-12-29(33)24-35(44-37(49)34-23-28-11-7-8-13-30(28)25-42-34)38(50)45-21-19-40(20-22-45)39(51)46(27-47(40)32-16-5-2-6-17-32)26-36(48)43-31-14-3-1-4-15-31/h2,5-13,16-18,31,34-35,42H,1,3-4,14-15,19-27H2,(H,43,48)(H,44,49). The van der Waals surface area contributed by atoms with Gasteiger partial charge in [-0.25, -0.2) is 4.39 Å². The molecule has 1 aliphatic carbocycles. The highest BCUT2D eigenvalue weighted by Gasteiger charge is 2.54. The number of hydrogen-bond acceptors (Lipinski definition) is 6. The van der Waals surface area contributed by atoms with E-state index in [9.17, 15) is 23.6 Å². The highest BCUT2D eigenvalue weighted by molar-refractivity contribution is 5.97. The Kier molecular flexibility index (Phi) is 10.4. The van der Waals surface area contributed by atoms with Gasteiger partial charge in [-0.3, -0.25) is 19.2 Å². The highest BCUT2D eigenvalue weighted by Crippen LogP contribution is 2.39. The molecule has 3 aliphatic heterocycles. The molecule has 10 nitrogen and oxygen atoms in total. The Morgan fingerprint density at radius 2 is 1.57 bits per heavy atom. The number of carbonyl (C=O) groups excluding carboxylic acids is 4. The van der Waals surface area contributed by atoms with Gasteiger partial charge in [-0.15, -0.1) is 0 Å². The first-order valence-electron chi connectivity index (χ1n) is 18.3. The Bertz CT molecular complexity index is 1740. The lowest BCUT2D eigenvalue weighted by Gasteiger charge is -2.44. The number of piperidine rings is 1. The van der Waals surface area contributed by atoms with Crippen molar-refractivity contribution >= 4 is 29.3 Å². The van der Waals surface area contributed by atoms with Gasteiger partial charge in [0.1, 0.15) is 23.9 Å². The van der Waals surface area contributed by atoms with E-state index in [1.165, 1.54) is 12.5 Å². The van der Waals surface area contributed by atoms with Crippen molar-refractivity contribution in [1.82, 2.24) is 25.8 Å². The van der Waals surface area contributed by atoms with Crippen LogP contribution in [-0.2, 0) is 38.6 Å². The van der Waals surface area contributed by atoms with E-state index in [4.69, 9.17) is 0 Å². The van der Waals surface area contributed by atoms with Crippen LogP contribution in [0.1, 0.15) is 61.6 Å². The minimum Gasteiger partial charge on any atom is -0.352 e. The zero-order valence-corrected chi connectivity index (χ0v) is 29.0. The SMILES string of the molecule is O=C(CN1CN(c2ccccc2)C2(CCN(C(=O)C(Cc3ccccc3F)NC(=O)C3Cc4ccccc4CN3)CC2)C1=O)NC1CCCCC1. The molecule has 1 spiro atoms. The fourth-order valence-electron chi connectivity index (χ4n) is 8.33. The minimum absolute atomic E-state index is 0.00114. The number of fused-ring (bicyclic) bond motifs is 1. The number of para-hydroxylation sites is 1. The van der Waals surface area contributed by atoms with Crippen LogP contribution >= 0.6 is 0 Å². The lowest BCUT2D eigenvalue weighted by molar-refractivity contribution is -0.141. The van der Waals surface area contributed by atoms with Crippen LogP contribution in [0.5, 0.6) is 0 Å². The van der Waals surface area contributed by atoms with Crippen LogP contribution in [0.4, 0.5) is 10.1 Å². The van der Waals surface area contributed by atoms with Gasteiger partial charge in [0.05, 0.1) is 12.7 Å². The predicted octanol–water partition coefficient (Wildman–Crippen LogP) is 3.68. The largest absolute Gasteiger partial charge is 0.352 e. The summed E-state index contributed by atoms with van der Waals surface area (Å²) < 4.78 is 14.9. The van der Waals surface area contributed by atoms with Gasteiger partial charge >= 0.3 is 0 Å². The third kappa shape index (κ3) is 7.49. The van der Waals surface area contributed by atoms with Crippen LogP contribution < -0.4 is 20.9 Å². The van der Waals surface area contributed by atoms with Crippen LogP contribution in [-0.4, -0.2) is 83.4 Å². The topological polar surface area (TPSA) is 114 Å². The molecule has 3 aromatic carbocycles. The van der Waals surface area contributed by atoms with Crippen LogP contribution in [0.2, 0.25) is 0 Å². The van der Waals surface area contributed by atoms with Crippen molar-refractivity contribution < 1.29 is 23.6 Å². The summed E-state index contributed by atoms with van der Waals surface area (Å²) in [5.41, 5.74) is 2.52. The second-order valence-corrected chi connectivity index (χ2v) is 14.4. The van der Waals surface area contributed by atoms with Crippen molar-refractivity contribution in [3.8, 4) is 0 Å². The summed E-state index contributed by atoms with van der Waals surface area (Å²) in [7, 11) is 0. The van der Waals surface area contributed by atoms with E-state index >= 15 is 0 Å². The van der Waals surface area contributed by atoms with Crippen molar-refractivity contribution in [3.05, 3.63) is 101 Å². The monoisotopic (exact) mass is 694 g/mol. The van der Waals surface area contributed by atoms with E-state index in [1.54, 1.807) is 28.0 Å². The Balaban J connectivity index is 1.07. The molecule has 11 heteroatoms. The molecule has 268 valence electrons. The molecule has 3 aromatic rings. The highest BCUT2D eigenvalue weighted by atomic mass is 19.1.